The lowest BCUT2D eigenvalue weighted by molar-refractivity contribution is -0.144. The third-order valence-electron chi connectivity index (χ3n) is 4.35. The molecule has 4 nitrogen and oxygen atoms in total. The topological polar surface area (TPSA) is 46.6 Å². The summed E-state index contributed by atoms with van der Waals surface area (Å²) in [5.41, 5.74) is 0. The molecule has 3 fully saturated rings. The zero-order valence-corrected chi connectivity index (χ0v) is 9.52. The first-order valence-electron chi connectivity index (χ1n) is 6.18. The van der Waals surface area contributed by atoms with Crippen molar-refractivity contribution in [3.8, 4) is 0 Å². The second-order valence-electron chi connectivity index (χ2n) is 5.18. The van der Waals surface area contributed by atoms with Crippen molar-refractivity contribution in [2.75, 3.05) is 6.54 Å². The standard InChI is InChI=1S/C12H17NO3/c1-7-11-8-4-5-10(14)13(8)6-2-3-9(11)16-12(7)15/h7-9,11H,2-6H2,1H3/t7-,8-,9?,11+/m1/s1. The number of carbonyl (C=O) groups excluding carboxylic acids is 2. The molecule has 16 heavy (non-hydrogen) atoms. The molecule has 3 heterocycles. The van der Waals surface area contributed by atoms with Crippen molar-refractivity contribution in [2.45, 2.75) is 44.8 Å². The average molecular weight is 223 g/mol. The number of nitrogens with zero attached hydrogens (tertiary/aromatic N) is 1. The van der Waals surface area contributed by atoms with Crippen LogP contribution in [0, 0.1) is 11.8 Å². The van der Waals surface area contributed by atoms with E-state index in [0.717, 1.165) is 25.8 Å². The van der Waals surface area contributed by atoms with E-state index in [2.05, 4.69) is 0 Å². The van der Waals surface area contributed by atoms with Crippen LogP contribution in [0.25, 0.3) is 0 Å². The van der Waals surface area contributed by atoms with Gasteiger partial charge < -0.3 is 9.64 Å². The summed E-state index contributed by atoms with van der Waals surface area (Å²) < 4.78 is 5.42. The van der Waals surface area contributed by atoms with Gasteiger partial charge in [0, 0.05) is 24.9 Å². The summed E-state index contributed by atoms with van der Waals surface area (Å²) in [6, 6.07) is 0.251. The molecule has 0 radical (unpaired) electrons. The Balaban J connectivity index is 1.91. The van der Waals surface area contributed by atoms with E-state index in [0.29, 0.717) is 6.42 Å². The van der Waals surface area contributed by atoms with Gasteiger partial charge in [0.25, 0.3) is 0 Å². The quantitative estimate of drug-likeness (QED) is 0.574. The number of hydrogen-bond donors (Lipinski definition) is 0. The van der Waals surface area contributed by atoms with Crippen molar-refractivity contribution in [3.63, 3.8) is 0 Å². The van der Waals surface area contributed by atoms with Crippen LogP contribution in [0.4, 0.5) is 0 Å². The highest BCUT2D eigenvalue weighted by Gasteiger charge is 2.51. The van der Waals surface area contributed by atoms with Gasteiger partial charge in [0.2, 0.25) is 5.91 Å². The number of rotatable bonds is 0. The molecule has 3 aliphatic rings. The van der Waals surface area contributed by atoms with E-state index >= 15 is 0 Å². The number of hydrogen-bond acceptors (Lipinski definition) is 3. The van der Waals surface area contributed by atoms with Crippen LogP contribution < -0.4 is 0 Å². The maximum absolute atomic E-state index is 11.7. The monoisotopic (exact) mass is 223 g/mol. The van der Waals surface area contributed by atoms with E-state index in [-0.39, 0.29) is 35.9 Å². The van der Waals surface area contributed by atoms with Gasteiger partial charge in [0.15, 0.2) is 0 Å². The van der Waals surface area contributed by atoms with Crippen molar-refractivity contribution in [1.29, 1.82) is 0 Å². The Morgan fingerprint density at radius 3 is 2.94 bits per heavy atom. The van der Waals surface area contributed by atoms with Gasteiger partial charge in [0.1, 0.15) is 6.10 Å². The highest BCUT2D eigenvalue weighted by molar-refractivity contribution is 5.80. The largest absolute Gasteiger partial charge is 0.462 e. The van der Waals surface area contributed by atoms with Crippen LogP contribution >= 0.6 is 0 Å². The van der Waals surface area contributed by atoms with E-state index < -0.39 is 0 Å². The average Bonchev–Trinajstić information content (AvgIpc) is 2.67. The Hall–Kier alpha value is -1.06. The molecule has 3 aliphatic heterocycles. The molecule has 0 aliphatic carbocycles. The molecule has 1 unspecified atom stereocenters. The summed E-state index contributed by atoms with van der Waals surface area (Å²) in [7, 11) is 0. The molecule has 88 valence electrons. The van der Waals surface area contributed by atoms with E-state index in [4.69, 9.17) is 4.74 Å². The Bertz CT molecular complexity index is 339. The summed E-state index contributed by atoms with van der Waals surface area (Å²) in [4.78, 5) is 25.3. The Morgan fingerprint density at radius 2 is 2.12 bits per heavy atom. The fourth-order valence-corrected chi connectivity index (χ4v) is 3.56. The zero-order valence-electron chi connectivity index (χ0n) is 9.52. The number of amides is 1. The first-order valence-corrected chi connectivity index (χ1v) is 6.18. The summed E-state index contributed by atoms with van der Waals surface area (Å²) >= 11 is 0. The third-order valence-corrected chi connectivity index (χ3v) is 4.35. The molecule has 0 N–H and O–H groups in total. The number of ether oxygens (including phenoxy) is 1. The molecular formula is C12H17NO3. The molecule has 0 bridgehead atoms. The van der Waals surface area contributed by atoms with E-state index in [9.17, 15) is 9.59 Å². The van der Waals surface area contributed by atoms with Crippen molar-refractivity contribution < 1.29 is 14.3 Å². The number of fused-ring (bicyclic) bond motifs is 3. The number of esters is 1. The highest BCUT2D eigenvalue weighted by atomic mass is 16.6. The van der Waals surface area contributed by atoms with Gasteiger partial charge in [-0.15, -0.1) is 0 Å². The van der Waals surface area contributed by atoms with Gasteiger partial charge in [-0.3, -0.25) is 9.59 Å². The van der Waals surface area contributed by atoms with Crippen LogP contribution in [-0.2, 0) is 14.3 Å². The van der Waals surface area contributed by atoms with Gasteiger partial charge in [-0.2, -0.15) is 0 Å². The van der Waals surface area contributed by atoms with E-state index in [1.54, 1.807) is 0 Å². The molecule has 0 spiro atoms. The summed E-state index contributed by atoms with van der Waals surface area (Å²) in [5.74, 6) is 0.386. The maximum Gasteiger partial charge on any atom is 0.309 e. The van der Waals surface area contributed by atoms with E-state index in [1.165, 1.54) is 0 Å². The SMILES string of the molecule is C[C@H]1C(=O)OC2CCCN3C(=O)CC[C@@H]3[C@@H]21. The van der Waals surface area contributed by atoms with Crippen LogP contribution in [-0.4, -0.2) is 35.5 Å². The van der Waals surface area contributed by atoms with Gasteiger partial charge >= 0.3 is 5.97 Å². The summed E-state index contributed by atoms with van der Waals surface area (Å²) in [6.45, 7) is 2.79. The molecule has 0 aromatic heterocycles. The summed E-state index contributed by atoms with van der Waals surface area (Å²) in [5, 5.41) is 0. The normalized spacial score (nSPS) is 42.7. The highest BCUT2D eigenvalue weighted by Crippen LogP contribution is 2.41. The third kappa shape index (κ3) is 1.28. The second-order valence-corrected chi connectivity index (χ2v) is 5.18. The molecule has 1 amide bonds. The predicted molar refractivity (Wildman–Crippen MR) is 56.5 cm³/mol. The molecule has 0 aromatic carbocycles. The lowest BCUT2D eigenvalue weighted by Crippen LogP contribution is -2.41. The minimum Gasteiger partial charge on any atom is -0.462 e. The minimum absolute atomic E-state index is 0.0403. The van der Waals surface area contributed by atoms with Crippen molar-refractivity contribution in [2.24, 2.45) is 11.8 Å². The Morgan fingerprint density at radius 1 is 1.31 bits per heavy atom. The Labute approximate surface area is 94.9 Å². The van der Waals surface area contributed by atoms with Crippen molar-refractivity contribution in [1.82, 2.24) is 4.90 Å². The van der Waals surface area contributed by atoms with Crippen LogP contribution in [0.3, 0.4) is 0 Å². The molecule has 4 heteroatoms. The van der Waals surface area contributed by atoms with Crippen LogP contribution in [0.15, 0.2) is 0 Å². The zero-order chi connectivity index (χ0) is 11.3. The minimum atomic E-state index is -0.0730. The molecule has 4 atom stereocenters. The van der Waals surface area contributed by atoms with Gasteiger partial charge in [-0.25, -0.2) is 0 Å². The van der Waals surface area contributed by atoms with E-state index in [1.807, 2.05) is 11.8 Å². The molecule has 0 saturated carbocycles. The Kier molecular flexibility index (Phi) is 2.19. The molecule has 3 saturated heterocycles. The van der Waals surface area contributed by atoms with Gasteiger partial charge in [-0.05, 0) is 19.3 Å². The van der Waals surface area contributed by atoms with Gasteiger partial charge in [-0.1, -0.05) is 6.92 Å². The van der Waals surface area contributed by atoms with Crippen LogP contribution in [0.2, 0.25) is 0 Å². The molecular weight excluding hydrogens is 206 g/mol. The fraction of sp³-hybridized carbons (Fsp3) is 0.833. The molecule has 3 rings (SSSR count). The number of carbonyl (C=O) groups is 2. The second kappa shape index (κ2) is 3.47. The molecule has 0 aromatic rings. The predicted octanol–water partition coefficient (Wildman–Crippen LogP) is 0.949. The summed E-state index contributed by atoms with van der Waals surface area (Å²) in [6.07, 6.45) is 3.49. The van der Waals surface area contributed by atoms with Crippen LogP contribution in [0.1, 0.15) is 32.6 Å². The van der Waals surface area contributed by atoms with Crippen LogP contribution in [0.5, 0.6) is 0 Å². The van der Waals surface area contributed by atoms with Crippen molar-refractivity contribution in [3.05, 3.63) is 0 Å². The maximum atomic E-state index is 11.7. The lowest BCUT2D eigenvalue weighted by Gasteiger charge is -2.29. The smallest absolute Gasteiger partial charge is 0.309 e. The fourth-order valence-electron chi connectivity index (χ4n) is 3.56. The van der Waals surface area contributed by atoms with Gasteiger partial charge in [0.05, 0.1) is 5.92 Å². The van der Waals surface area contributed by atoms with Crippen molar-refractivity contribution >= 4 is 11.9 Å². The first kappa shape index (κ1) is 10.1. The first-order chi connectivity index (χ1) is 7.68. The lowest BCUT2D eigenvalue weighted by atomic mass is 9.83.